The molecule has 0 bridgehead atoms. The highest BCUT2D eigenvalue weighted by atomic mass is 35.5. The van der Waals surface area contributed by atoms with Crippen LogP contribution >= 0.6 is 12.4 Å². The van der Waals surface area contributed by atoms with Crippen molar-refractivity contribution in [3.05, 3.63) is 59.7 Å². The molecule has 3 atom stereocenters. The van der Waals surface area contributed by atoms with Gasteiger partial charge in [0.25, 0.3) is 0 Å². The molecule has 1 fully saturated rings. The van der Waals surface area contributed by atoms with E-state index in [4.69, 9.17) is 10.5 Å². The standard InChI is InChI=1S/C28H36N4O5S.ClH/c1-27(2,29)26(34)31-22(17-20-16-19-8-4-7-11-24(19)37-20)25(33)32(38(3,35)36)18-28(12-14-30-15-13-28)21-9-5-6-10-23(21)32;/h4-11,20,22,30H,12-18,29H2,1-3H3;1H/p+1. The molecule has 39 heavy (non-hydrogen) atoms. The zero-order valence-corrected chi connectivity index (χ0v) is 24.2. The van der Waals surface area contributed by atoms with E-state index in [1.165, 1.54) is 0 Å². The van der Waals surface area contributed by atoms with Gasteiger partial charge in [0.05, 0.1) is 17.2 Å². The van der Waals surface area contributed by atoms with E-state index in [0.29, 0.717) is 12.1 Å². The Kier molecular flexibility index (Phi) is 7.92. The average molecular weight is 578 g/mol. The molecule has 3 heterocycles. The third-order valence-electron chi connectivity index (χ3n) is 8.27. The summed E-state index contributed by atoms with van der Waals surface area (Å²) < 4.78 is 32.8. The summed E-state index contributed by atoms with van der Waals surface area (Å²) in [6.07, 6.45) is 2.86. The number of carbonyl (C=O) groups excluding carboxylic acids is 2. The molecule has 3 unspecified atom stereocenters. The van der Waals surface area contributed by atoms with Crippen molar-refractivity contribution in [3.8, 4) is 5.75 Å². The molecule has 1 saturated heterocycles. The summed E-state index contributed by atoms with van der Waals surface area (Å²) in [4.78, 5) is 27.8. The van der Waals surface area contributed by atoms with E-state index >= 15 is 0 Å². The largest absolute Gasteiger partial charge is 0.490 e. The zero-order chi connectivity index (χ0) is 27.3. The molecule has 0 aliphatic carbocycles. The lowest BCUT2D eigenvalue weighted by atomic mass is 9.75. The Labute approximate surface area is 236 Å². The lowest BCUT2D eigenvalue weighted by Crippen LogP contribution is -2.67. The molecule has 3 aliphatic rings. The van der Waals surface area contributed by atoms with Crippen molar-refractivity contribution in [2.24, 2.45) is 5.73 Å². The number of sulfonamides is 1. The van der Waals surface area contributed by atoms with Gasteiger partial charge in [-0.25, -0.2) is 4.79 Å². The van der Waals surface area contributed by atoms with Gasteiger partial charge in [-0.05, 0) is 51.4 Å². The third-order valence-corrected chi connectivity index (χ3v) is 9.91. The van der Waals surface area contributed by atoms with Gasteiger partial charge >= 0.3 is 15.9 Å². The lowest BCUT2D eigenvalue weighted by Gasteiger charge is -2.37. The number of carbonyl (C=O) groups is 2. The van der Waals surface area contributed by atoms with Crippen LogP contribution in [0.1, 0.15) is 44.2 Å². The summed E-state index contributed by atoms with van der Waals surface area (Å²) in [5.74, 6) is -0.365. The molecular weight excluding hydrogens is 540 g/mol. The normalized spacial score (nSPS) is 24.2. The first-order valence-corrected chi connectivity index (χ1v) is 15.0. The number of fused-ring (bicyclic) bond motifs is 3. The Bertz CT molecular complexity index is 1350. The number of piperidine rings is 1. The number of halogens is 1. The van der Waals surface area contributed by atoms with E-state index < -0.39 is 48.8 Å². The van der Waals surface area contributed by atoms with E-state index in [1.54, 1.807) is 26.0 Å². The first kappa shape index (κ1) is 29.5. The van der Waals surface area contributed by atoms with Crippen molar-refractivity contribution in [3.63, 3.8) is 0 Å². The molecule has 2 aromatic rings. The number of nitrogens with zero attached hydrogens (tertiary/aromatic N) is 1. The zero-order valence-electron chi connectivity index (χ0n) is 22.6. The first-order valence-electron chi connectivity index (χ1n) is 13.2. The van der Waals surface area contributed by atoms with Crippen LogP contribution in [-0.2, 0) is 31.4 Å². The second kappa shape index (κ2) is 10.5. The summed E-state index contributed by atoms with van der Waals surface area (Å²) in [5, 5.41) is 6.18. The van der Waals surface area contributed by atoms with Gasteiger partial charge in [-0.15, -0.1) is 16.3 Å². The van der Waals surface area contributed by atoms with Crippen LogP contribution in [0.2, 0.25) is 0 Å². The maximum absolute atomic E-state index is 14.7. The van der Waals surface area contributed by atoms with Crippen LogP contribution in [0.15, 0.2) is 48.5 Å². The van der Waals surface area contributed by atoms with Gasteiger partial charge in [0.2, 0.25) is 5.91 Å². The Hall–Kier alpha value is -2.50. The summed E-state index contributed by atoms with van der Waals surface area (Å²) in [6, 6.07) is 13.9. The third kappa shape index (κ3) is 5.09. The maximum Gasteiger partial charge on any atom is 0.356 e. The fraction of sp³-hybridized carbons (Fsp3) is 0.500. The number of nitrogens with two attached hydrogens (primary N) is 1. The Morgan fingerprint density at radius 2 is 1.79 bits per heavy atom. The predicted molar refractivity (Wildman–Crippen MR) is 153 cm³/mol. The Balaban J connectivity index is 0.00000353. The molecule has 212 valence electrons. The highest BCUT2D eigenvalue weighted by molar-refractivity contribution is 7.90. The molecule has 2 aromatic carbocycles. The van der Waals surface area contributed by atoms with Crippen LogP contribution < -0.4 is 25.0 Å². The maximum atomic E-state index is 14.7. The molecule has 0 radical (unpaired) electrons. The molecule has 4 N–H and O–H groups in total. The number of hydrogen-bond acceptors (Lipinski definition) is 7. The fourth-order valence-corrected chi connectivity index (χ4v) is 7.74. The topological polar surface area (TPSA) is 128 Å². The SMILES string of the molecule is CC(C)(N)C(=O)NC(CC1Cc2ccccc2O1)C(=O)[N+]1(S(C)(=O)=O)CC2(CCNCC2)c2ccccc21.Cl. The Morgan fingerprint density at radius 3 is 2.44 bits per heavy atom. The number of quaternary nitrogens is 1. The summed E-state index contributed by atoms with van der Waals surface area (Å²) in [5.41, 5.74) is 6.76. The number of para-hydroxylation sites is 2. The van der Waals surface area contributed by atoms with Crippen LogP contribution in [0.4, 0.5) is 5.69 Å². The van der Waals surface area contributed by atoms with E-state index in [9.17, 15) is 18.0 Å². The van der Waals surface area contributed by atoms with Gasteiger partial charge < -0.3 is 21.1 Å². The number of benzene rings is 2. The van der Waals surface area contributed by atoms with E-state index in [0.717, 1.165) is 49.1 Å². The fourth-order valence-electron chi connectivity index (χ4n) is 6.29. The Morgan fingerprint density at radius 1 is 1.15 bits per heavy atom. The van der Waals surface area contributed by atoms with Gasteiger partial charge in [0, 0.05) is 24.5 Å². The molecule has 1 spiro atoms. The van der Waals surface area contributed by atoms with E-state index in [-0.39, 0.29) is 25.4 Å². The highest BCUT2D eigenvalue weighted by Crippen LogP contribution is 2.52. The number of hydrogen-bond donors (Lipinski definition) is 3. The lowest BCUT2D eigenvalue weighted by molar-refractivity contribution is -0.134. The smallest absolute Gasteiger partial charge is 0.356 e. The number of nitrogens with one attached hydrogen (secondary N) is 2. The summed E-state index contributed by atoms with van der Waals surface area (Å²) in [6.45, 7) is 4.70. The van der Waals surface area contributed by atoms with E-state index in [2.05, 4.69) is 10.6 Å². The van der Waals surface area contributed by atoms with Crippen molar-refractivity contribution >= 4 is 39.9 Å². The summed E-state index contributed by atoms with van der Waals surface area (Å²) in [7, 11) is -4.01. The van der Waals surface area contributed by atoms with Gasteiger partial charge in [0.15, 0.2) is 5.69 Å². The van der Waals surface area contributed by atoms with Gasteiger partial charge in [0.1, 0.15) is 24.4 Å². The molecule has 0 aromatic heterocycles. The molecule has 5 rings (SSSR count). The van der Waals surface area contributed by atoms with Crippen LogP contribution in [0, 0.1) is 0 Å². The molecule has 2 amide bonds. The molecule has 0 saturated carbocycles. The molecule has 11 heteroatoms. The average Bonchev–Trinajstić information content (AvgIpc) is 3.40. The molecular formula is C28H38ClN4O5S+. The van der Waals surface area contributed by atoms with Gasteiger partial charge in [-0.2, -0.15) is 8.42 Å². The summed E-state index contributed by atoms with van der Waals surface area (Å²) >= 11 is 0. The minimum Gasteiger partial charge on any atom is -0.490 e. The highest BCUT2D eigenvalue weighted by Gasteiger charge is 2.64. The van der Waals surface area contributed by atoms with E-state index in [1.807, 2.05) is 36.4 Å². The molecule has 3 aliphatic heterocycles. The number of amides is 2. The first-order chi connectivity index (χ1) is 17.9. The van der Waals surface area contributed by atoms with Gasteiger partial charge in [-0.1, -0.05) is 36.4 Å². The minimum absolute atomic E-state index is 0. The van der Waals surface area contributed by atoms with Crippen LogP contribution in [0.25, 0.3) is 0 Å². The molecule has 9 nitrogen and oxygen atoms in total. The van der Waals surface area contributed by atoms with Crippen LogP contribution in [0.3, 0.4) is 0 Å². The minimum atomic E-state index is -4.01. The number of ether oxygens (including phenoxy) is 1. The van der Waals surface area contributed by atoms with Crippen LogP contribution in [0.5, 0.6) is 5.75 Å². The second-order valence-corrected chi connectivity index (χ2v) is 13.6. The van der Waals surface area contributed by atoms with Crippen molar-refractivity contribution in [2.75, 3.05) is 25.9 Å². The predicted octanol–water partition coefficient (Wildman–Crippen LogP) is 2.15. The monoisotopic (exact) mass is 577 g/mol. The van der Waals surface area contributed by atoms with Crippen molar-refractivity contribution in [2.45, 2.75) is 62.6 Å². The quantitative estimate of drug-likeness (QED) is 0.449. The van der Waals surface area contributed by atoms with Crippen LogP contribution in [-0.4, -0.2) is 63.8 Å². The van der Waals surface area contributed by atoms with Crippen molar-refractivity contribution < 1.29 is 22.7 Å². The number of rotatable bonds is 6. The van der Waals surface area contributed by atoms with Crippen molar-refractivity contribution in [1.82, 2.24) is 14.5 Å². The van der Waals surface area contributed by atoms with Gasteiger partial charge in [-0.3, -0.25) is 4.79 Å². The van der Waals surface area contributed by atoms with Crippen molar-refractivity contribution in [1.29, 1.82) is 0 Å². The second-order valence-electron chi connectivity index (χ2n) is 11.6.